The predicted octanol–water partition coefficient (Wildman–Crippen LogP) is 4.77. The Hall–Kier alpha value is -2.15. The van der Waals surface area contributed by atoms with Gasteiger partial charge in [-0.2, -0.15) is 0 Å². The van der Waals surface area contributed by atoms with Crippen molar-refractivity contribution in [1.29, 1.82) is 0 Å². The van der Waals surface area contributed by atoms with Crippen molar-refractivity contribution in [1.82, 2.24) is 0 Å². The number of fused-ring (bicyclic) bond motifs is 1. The van der Waals surface area contributed by atoms with Crippen LogP contribution in [-0.4, -0.2) is 6.21 Å². The maximum absolute atomic E-state index is 4.61. The van der Waals surface area contributed by atoms with E-state index in [-0.39, 0.29) is 5.41 Å². The van der Waals surface area contributed by atoms with E-state index in [1.807, 2.05) is 12.1 Å². The molecule has 0 saturated carbocycles. The number of aliphatic imine (C=N–C) groups is 1. The lowest BCUT2D eigenvalue weighted by Crippen LogP contribution is -2.27. The lowest BCUT2D eigenvalue weighted by atomic mass is 9.75. The molecule has 1 nitrogen and oxygen atoms in total. The van der Waals surface area contributed by atoms with Crippen molar-refractivity contribution in [3.63, 3.8) is 0 Å². The van der Waals surface area contributed by atoms with Crippen LogP contribution in [0, 0.1) is 6.92 Å². The highest BCUT2D eigenvalue weighted by Crippen LogP contribution is 2.41. The second kappa shape index (κ2) is 5.09. The van der Waals surface area contributed by atoms with E-state index in [2.05, 4.69) is 67.2 Å². The van der Waals surface area contributed by atoms with Gasteiger partial charge in [-0.1, -0.05) is 54.1 Å². The largest absolute Gasteiger partial charge is 0.260 e. The van der Waals surface area contributed by atoms with E-state index >= 15 is 0 Å². The molecule has 0 radical (unpaired) electrons. The van der Waals surface area contributed by atoms with Gasteiger partial charge in [-0.3, -0.25) is 4.99 Å². The monoisotopic (exact) mass is 261 g/mol. The SMILES string of the molecule is C=CC[C@@]1(Cc2ccc(C)cc2)C=Nc2ccccc21. The van der Waals surface area contributed by atoms with Gasteiger partial charge in [0, 0.05) is 11.6 Å². The zero-order chi connectivity index (χ0) is 14.0. The average molecular weight is 261 g/mol. The Bertz CT molecular complexity index is 652. The van der Waals surface area contributed by atoms with E-state index in [0.717, 1.165) is 18.5 Å². The fraction of sp³-hybridized carbons (Fsp3) is 0.211. The smallest absolute Gasteiger partial charge is 0.0667 e. The minimum atomic E-state index is -0.0341. The minimum absolute atomic E-state index is 0.0341. The molecule has 3 rings (SSSR count). The third kappa shape index (κ3) is 2.20. The second-order valence-corrected chi connectivity index (χ2v) is 5.59. The Labute approximate surface area is 120 Å². The minimum Gasteiger partial charge on any atom is -0.260 e. The highest BCUT2D eigenvalue weighted by Gasteiger charge is 2.35. The van der Waals surface area contributed by atoms with Crippen molar-refractivity contribution >= 4 is 11.9 Å². The van der Waals surface area contributed by atoms with Crippen LogP contribution in [0.25, 0.3) is 0 Å². The molecule has 0 aromatic heterocycles. The van der Waals surface area contributed by atoms with E-state index in [4.69, 9.17) is 0 Å². The van der Waals surface area contributed by atoms with Gasteiger partial charge in [0.1, 0.15) is 0 Å². The molecule has 2 aromatic carbocycles. The van der Waals surface area contributed by atoms with E-state index in [1.165, 1.54) is 16.7 Å². The number of rotatable bonds is 4. The third-order valence-corrected chi connectivity index (χ3v) is 4.04. The fourth-order valence-electron chi connectivity index (χ4n) is 2.97. The highest BCUT2D eigenvalue weighted by molar-refractivity contribution is 5.85. The van der Waals surface area contributed by atoms with Crippen molar-refractivity contribution in [3.05, 3.63) is 77.9 Å². The molecule has 1 heteroatoms. The van der Waals surface area contributed by atoms with Crippen LogP contribution >= 0.6 is 0 Å². The second-order valence-electron chi connectivity index (χ2n) is 5.59. The molecular weight excluding hydrogens is 242 g/mol. The maximum Gasteiger partial charge on any atom is 0.0667 e. The Morgan fingerprint density at radius 3 is 2.60 bits per heavy atom. The first-order chi connectivity index (χ1) is 9.73. The van der Waals surface area contributed by atoms with Crippen LogP contribution in [0.4, 0.5) is 5.69 Å². The molecule has 1 aliphatic heterocycles. The Balaban J connectivity index is 2.00. The van der Waals surface area contributed by atoms with Crippen LogP contribution in [0.15, 0.2) is 66.2 Å². The van der Waals surface area contributed by atoms with Crippen LogP contribution in [0.3, 0.4) is 0 Å². The zero-order valence-electron chi connectivity index (χ0n) is 11.8. The summed E-state index contributed by atoms with van der Waals surface area (Å²) in [5.41, 5.74) is 5.03. The first-order valence-corrected chi connectivity index (χ1v) is 7.05. The molecule has 0 spiro atoms. The molecule has 1 heterocycles. The van der Waals surface area contributed by atoms with Gasteiger partial charge in [0.2, 0.25) is 0 Å². The van der Waals surface area contributed by atoms with Gasteiger partial charge in [-0.05, 0) is 37.0 Å². The third-order valence-electron chi connectivity index (χ3n) is 4.04. The standard InChI is InChI=1S/C19H19N/c1-3-12-19(13-16-10-8-15(2)9-11-16)14-20-18-7-5-4-6-17(18)19/h3-11,14H,1,12-13H2,2H3/t19-/m1/s1. The molecule has 1 aliphatic rings. The van der Waals surface area contributed by atoms with Crippen molar-refractivity contribution in [3.8, 4) is 0 Å². The van der Waals surface area contributed by atoms with Crippen LogP contribution in [0.2, 0.25) is 0 Å². The summed E-state index contributed by atoms with van der Waals surface area (Å²) in [4.78, 5) is 4.61. The lowest BCUT2D eigenvalue weighted by Gasteiger charge is -2.26. The number of aryl methyl sites for hydroxylation is 1. The molecule has 20 heavy (non-hydrogen) atoms. The molecule has 0 bridgehead atoms. The average Bonchev–Trinajstić information content (AvgIpc) is 2.82. The molecular formula is C19H19N. The van der Waals surface area contributed by atoms with Crippen LogP contribution in [0.5, 0.6) is 0 Å². The normalized spacial score (nSPS) is 19.9. The Morgan fingerprint density at radius 1 is 1.10 bits per heavy atom. The number of hydrogen-bond donors (Lipinski definition) is 0. The van der Waals surface area contributed by atoms with Crippen molar-refractivity contribution in [2.45, 2.75) is 25.2 Å². The first kappa shape index (κ1) is 12.9. The Morgan fingerprint density at radius 2 is 1.85 bits per heavy atom. The quantitative estimate of drug-likeness (QED) is 0.703. The fourth-order valence-corrected chi connectivity index (χ4v) is 2.97. The summed E-state index contributed by atoms with van der Waals surface area (Å²) in [6.07, 6.45) is 6.00. The van der Waals surface area contributed by atoms with E-state index in [1.54, 1.807) is 0 Å². The van der Waals surface area contributed by atoms with E-state index < -0.39 is 0 Å². The summed E-state index contributed by atoms with van der Waals surface area (Å²) in [6.45, 7) is 6.06. The number of benzene rings is 2. The van der Waals surface area contributed by atoms with Crippen LogP contribution in [-0.2, 0) is 11.8 Å². The number of para-hydroxylation sites is 1. The molecule has 0 N–H and O–H groups in total. The maximum atomic E-state index is 4.61. The van der Waals surface area contributed by atoms with Crippen LogP contribution < -0.4 is 0 Å². The van der Waals surface area contributed by atoms with Gasteiger partial charge >= 0.3 is 0 Å². The van der Waals surface area contributed by atoms with Crippen molar-refractivity contribution in [2.24, 2.45) is 4.99 Å². The van der Waals surface area contributed by atoms with Gasteiger partial charge in [-0.15, -0.1) is 6.58 Å². The van der Waals surface area contributed by atoms with Crippen LogP contribution in [0.1, 0.15) is 23.1 Å². The van der Waals surface area contributed by atoms with Gasteiger partial charge in [0.25, 0.3) is 0 Å². The number of hydrogen-bond acceptors (Lipinski definition) is 1. The number of nitrogens with zero attached hydrogens (tertiary/aromatic N) is 1. The predicted molar refractivity (Wildman–Crippen MR) is 86.0 cm³/mol. The molecule has 0 fully saturated rings. The molecule has 0 aliphatic carbocycles. The first-order valence-electron chi connectivity index (χ1n) is 7.05. The zero-order valence-corrected chi connectivity index (χ0v) is 11.8. The summed E-state index contributed by atoms with van der Waals surface area (Å²) in [6, 6.07) is 17.2. The Kier molecular flexibility index (Phi) is 3.27. The topological polar surface area (TPSA) is 12.4 Å². The summed E-state index contributed by atoms with van der Waals surface area (Å²) >= 11 is 0. The molecule has 1 atom stereocenters. The number of allylic oxidation sites excluding steroid dienone is 1. The van der Waals surface area contributed by atoms with Gasteiger partial charge in [0.15, 0.2) is 0 Å². The summed E-state index contributed by atoms with van der Waals surface area (Å²) < 4.78 is 0. The summed E-state index contributed by atoms with van der Waals surface area (Å²) in [7, 11) is 0. The molecule has 0 unspecified atom stereocenters. The van der Waals surface area contributed by atoms with Gasteiger partial charge in [0.05, 0.1) is 5.69 Å². The van der Waals surface area contributed by atoms with Crippen molar-refractivity contribution in [2.75, 3.05) is 0 Å². The van der Waals surface area contributed by atoms with E-state index in [0.29, 0.717) is 0 Å². The van der Waals surface area contributed by atoms with E-state index in [9.17, 15) is 0 Å². The van der Waals surface area contributed by atoms with Gasteiger partial charge in [-0.25, -0.2) is 0 Å². The van der Waals surface area contributed by atoms with Gasteiger partial charge < -0.3 is 0 Å². The molecule has 100 valence electrons. The molecule has 2 aromatic rings. The summed E-state index contributed by atoms with van der Waals surface area (Å²) in [5.74, 6) is 0. The summed E-state index contributed by atoms with van der Waals surface area (Å²) in [5, 5.41) is 0. The van der Waals surface area contributed by atoms with Crippen molar-refractivity contribution < 1.29 is 0 Å². The highest BCUT2D eigenvalue weighted by atomic mass is 14.8. The molecule has 0 amide bonds. The molecule has 0 saturated heterocycles. The lowest BCUT2D eigenvalue weighted by molar-refractivity contribution is 0.602.